The number of nitrogens with two attached hydrogens (primary N) is 2. The van der Waals surface area contributed by atoms with Gasteiger partial charge in [-0.1, -0.05) is 36.1 Å². The number of nitrogen functional groups attached to an aromatic ring is 1. The normalized spacial score (nSPS) is 9.76. The average Bonchev–Trinajstić information content (AvgIpc) is 2.62. The minimum atomic E-state index is -0.566. The summed E-state index contributed by atoms with van der Waals surface area (Å²) in [6, 6.07) is 15.9. The van der Waals surface area contributed by atoms with E-state index in [9.17, 15) is 4.79 Å². The van der Waals surface area contributed by atoms with Gasteiger partial charge in [0.2, 0.25) is 5.95 Å². The lowest BCUT2D eigenvalue weighted by molar-refractivity contribution is 0.256. The number of hydrogen-bond acceptors (Lipinski definition) is 4. The number of rotatable bonds is 2. The number of carbonyl (C=O) groups is 1. The van der Waals surface area contributed by atoms with Crippen LogP contribution in [0.25, 0.3) is 0 Å². The molecule has 0 radical (unpaired) electrons. The van der Waals surface area contributed by atoms with Gasteiger partial charge in [-0.3, -0.25) is 4.90 Å². The highest BCUT2D eigenvalue weighted by atomic mass is 16.2. The number of anilines is 3. The molecule has 0 unspecified atom stereocenters. The van der Waals surface area contributed by atoms with E-state index in [1.54, 1.807) is 24.5 Å². The highest BCUT2D eigenvalue weighted by Gasteiger charge is 2.14. The summed E-state index contributed by atoms with van der Waals surface area (Å²) >= 11 is 0. The third-order valence-corrected chi connectivity index (χ3v) is 3.36. The van der Waals surface area contributed by atoms with Gasteiger partial charge >= 0.3 is 6.03 Å². The molecule has 25 heavy (non-hydrogen) atoms. The molecule has 2 aromatic carbocycles. The zero-order valence-electron chi connectivity index (χ0n) is 13.3. The fourth-order valence-electron chi connectivity index (χ4n) is 2.25. The summed E-state index contributed by atoms with van der Waals surface area (Å²) < 4.78 is 0. The molecule has 3 rings (SSSR count). The summed E-state index contributed by atoms with van der Waals surface area (Å²) in [7, 11) is 0. The molecular formula is C19H15N5O. The lowest BCUT2D eigenvalue weighted by Gasteiger charge is -2.20. The van der Waals surface area contributed by atoms with Crippen LogP contribution in [0.4, 0.5) is 22.1 Å². The second-order valence-electron chi connectivity index (χ2n) is 5.14. The van der Waals surface area contributed by atoms with Gasteiger partial charge in [0.25, 0.3) is 0 Å². The Morgan fingerprint density at radius 1 is 0.880 bits per heavy atom. The number of benzene rings is 2. The lowest BCUT2D eigenvalue weighted by atomic mass is 10.1. The molecule has 0 bridgehead atoms. The first kappa shape index (κ1) is 16.0. The zero-order valence-corrected chi connectivity index (χ0v) is 13.3. The summed E-state index contributed by atoms with van der Waals surface area (Å²) in [4.78, 5) is 21.1. The van der Waals surface area contributed by atoms with Gasteiger partial charge in [-0.2, -0.15) is 0 Å². The lowest BCUT2D eigenvalue weighted by Crippen LogP contribution is -2.31. The van der Waals surface area contributed by atoms with Crippen LogP contribution in [0.5, 0.6) is 0 Å². The molecule has 0 atom stereocenters. The van der Waals surface area contributed by atoms with E-state index in [1.165, 1.54) is 4.90 Å². The number of amides is 2. The van der Waals surface area contributed by atoms with E-state index in [4.69, 9.17) is 11.5 Å². The summed E-state index contributed by atoms with van der Waals surface area (Å²) in [5.41, 5.74) is 13.7. The Hall–Kier alpha value is -3.85. The Kier molecular flexibility index (Phi) is 4.58. The number of nitrogens with zero attached hydrogens (tertiary/aromatic N) is 3. The maximum atomic E-state index is 11.9. The van der Waals surface area contributed by atoms with Gasteiger partial charge in [0.1, 0.15) is 0 Å². The standard InChI is InChI=1S/C19H15N5O/c20-18-22-12-15(13-23-18)10-9-14-5-4-8-17(11-14)24(19(21)25)16-6-2-1-3-7-16/h1-8,11-13H,(H2,21,25)(H2,20,22,23). The van der Waals surface area contributed by atoms with E-state index in [0.717, 1.165) is 5.56 Å². The van der Waals surface area contributed by atoms with Crippen molar-refractivity contribution in [3.8, 4) is 11.8 Å². The van der Waals surface area contributed by atoms with Crippen LogP contribution >= 0.6 is 0 Å². The summed E-state index contributed by atoms with van der Waals surface area (Å²) in [6.07, 6.45) is 3.11. The number of urea groups is 1. The maximum Gasteiger partial charge on any atom is 0.323 e. The van der Waals surface area contributed by atoms with Crippen LogP contribution in [0.15, 0.2) is 67.0 Å². The largest absolute Gasteiger partial charge is 0.368 e. The van der Waals surface area contributed by atoms with Crippen LogP contribution in [-0.4, -0.2) is 16.0 Å². The first-order chi connectivity index (χ1) is 12.1. The molecule has 6 heteroatoms. The zero-order chi connectivity index (χ0) is 17.6. The molecule has 4 N–H and O–H groups in total. The van der Waals surface area contributed by atoms with Crippen molar-refractivity contribution in [1.29, 1.82) is 0 Å². The van der Waals surface area contributed by atoms with E-state index < -0.39 is 6.03 Å². The van der Waals surface area contributed by atoms with E-state index in [-0.39, 0.29) is 5.95 Å². The van der Waals surface area contributed by atoms with E-state index in [0.29, 0.717) is 16.9 Å². The van der Waals surface area contributed by atoms with Crippen LogP contribution in [-0.2, 0) is 0 Å². The number of para-hydroxylation sites is 1. The fraction of sp³-hybridized carbons (Fsp3) is 0. The van der Waals surface area contributed by atoms with Gasteiger partial charge in [-0.05, 0) is 30.3 Å². The Bertz CT molecular complexity index is 943. The van der Waals surface area contributed by atoms with E-state index in [2.05, 4.69) is 21.8 Å². The molecule has 2 amide bonds. The van der Waals surface area contributed by atoms with Gasteiger partial charge in [0.15, 0.2) is 0 Å². The van der Waals surface area contributed by atoms with Crippen molar-refractivity contribution in [2.75, 3.05) is 10.6 Å². The Morgan fingerprint density at radius 3 is 2.20 bits per heavy atom. The molecule has 0 saturated heterocycles. The maximum absolute atomic E-state index is 11.9. The SMILES string of the molecule is NC(=O)N(c1ccccc1)c1cccc(C#Cc2cnc(N)nc2)c1. The molecule has 3 aromatic rings. The van der Waals surface area contributed by atoms with Crippen LogP contribution in [0, 0.1) is 11.8 Å². The molecule has 1 aromatic heterocycles. The van der Waals surface area contributed by atoms with E-state index >= 15 is 0 Å². The molecule has 1 heterocycles. The molecule has 0 fully saturated rings. The minimum absolute atomic E-state index is 0.201. The fourth-order valence-corrected chi connectivity index (χ4v) is 2.25. The van der Waals surface area contributed by atoms with Gasteiger partial charge < -0.3 is 11.5 Å². The highest BCUT2D eigenvalue weighted by molar-refractivity contribution is 5.98. The van der Waals surface area contributed by atoms with Crippen LogP contribution < -0.4 is 16.4 Å². The van der Waals surface area contributed by atoms with E-state index in [1.807, 2.05) is 42.5 Å². The smallest absolute Gasteiger partial charge is 0.323 e. The number of carbonyl (C=O) groups excluding carboxylic acids is 1. The quantitative estimate of drug-likeness (QED) is 0.706. The molecule has 122 valence electrons. The Labute approximate surface area is 145 Å². The number of primary amides is 1. The Morgan fingerprint density at radius 2 is 1.52 bits per heavy atom. The summed E-state index contributed by atoms with van der Waals surface area (Å²) in [6.45, 7) is 0. The predicted molar refractivity (Wildman–Crippen MR) is 97.0 cm³/mol. The van der Waals surface area contributed by atoms with Crippen molar-refractivity contribution in [1.82, 2.24) is 9.97 Å². The van der Waals surface area contributed by atoms with Crippen molar-refractivity contribution < 1.29 is 4.79 Å². The third kappa shape index (κ3) is 3.92. The average molecular weight is 329 g/mol. The molecule has 0 aliphatic heterocycles. The summed E-state index contributed by atoms with van der Waals surface area (Å²) in [5, 5.41) is 0. The van der Waals surface area contributed by atoms with Crippen LogP contribution in [0.2, 0.25) is 0 Å². The third-order valence-electron chi connectivity index (χ3n) is 3.36. The second-order valence-corrected chi connectivity index (χ2v) is 5.14. The van der Waals surface area contributed by atoms with Crippen molar-refractivity contribution >= 4 is 23.4 Å². The van der Waals surface area contributed by atoms with Crippen LogP contribution in [0.3, 0.4) is 0 Å². The monoisotopic (exact) mass is 329 g/mol. The highest BCUT2D eigenvalue weighted by Crippen LogP contribution is 2.25. The molecular weight excluding hydrogens is 314 g/mol. The van der Waals surface area contributed by atoms with Crippen LogP contribution in [0.1, 0.15) is 11.1 Å². The molecule has 0 aliphatic rings. The molecule has 0 aliphatic carbocycles. The van der Waals surface area contributed by atoms with Gasteiger partial charge in [-0.25, -0.2) is 14.8 Å². The van der Waals surface area contributed by atoms with Crippen molar-refractivity contribution in [3.63, 3.8) is 0 Å². The van der Waals surface area contributed by atoms with Gasteiger partial charge in [0, 0.05) is 18.0 Å². The molecule has 6 nitrogen and oxygen atoms in total. The number of aromatic nitrogens is 2. The molecule has 0 saturated carbocycles. The van der Waals surface area contributed by atoms with Gasteiger partial charge in [0.05, 0.1) is 16.9 Å². The Balaban J connectivity index is 1.93. The van der Waals surface area contributed by atoms with Crippen molar-refractivity contribution in [3.05, 3.63) is 78.1 Å². The number of hydrogen-bond donors (Lipinski definition) is 2. The summed E-state index contributed by atoms with van der Waals surface area (Å²) in [5.74, 6) is 6.18. The minimum Gasteiger partial charge on any atom is -0.368 e. The molecule has 0 spiro atoms. The van der Waals surface area contributed by atoms with Gasteiger partial charge in [-0.15, -0.1) is 0 Å². The second kappa shape index (κ2) is 7.15. The predicted octanol–water partition coefficient (Wildman–Crippen LogP) is 2.68. The van der Waals surface area contributed by atoms with Crippen molar-refractivity contribution in [2.24, 2.45) is 5.73 Å². The first-order valence-electron chi connectivity index (χ1n) is 7.48. The topological polar surface area (TPSA) is 98.1 Å². The van der Waals surface area contributed by atoms with Crippen molar-refractivity contribution in [2.45, 2.75) is 0 Å². The first-order valence-corrected chi connectivity index (χ1v) is 7.48.